The minimum atomic E-state index is -0.0110. The van der Waals surface area contributed by atoms with Crippen molar-refractivity contribution in [3.05, 3.63) is 78.3 Å². The van der Waals surface area contributed by atoms with Crippen LogP contribution in [0.3, 0.4) is 0 Å². The molecule has 1 aromatic carbocycles. The van der Waals surface area contributed by atoms with Crippen LogP contribution in [0.5, 0.6) is 0 Å². The van der Waals surface area contributed by atoms with Gasteiger partial charge < -0.3 is 9.23 Å². The Morgan fingerprint density at radius 2 is 1.86 bits per heavy atom. The summed E-state index contributed by atoms with van der Waals surface area (Å²) in [7, 11) is 4.17. The molecule has 4 nitrogen and oxygen atoms in total. The summed E-state index contributed by atoms with van der Waals surface area (Å²) < 4.78 is 8.46. The van der Waals surface area contributed by atoms with Crippen LogP contribution in [0.15, 0.2) is 71.4 Å². The fraction of sp³-hybridized carbons (Fsp3) is 0.130. The van der Waals surface area contributed by atoms with Crippen LogP contribution in [-0.4, -0.2) is 23.7 Å². The average Bonchev–Trinajstić information content (AvgIpc) is 3.06. The highest BCUT2D eigenvalue weighted by Gasteiger charge is 2.40. The number of hydrogen-bond acceptors (Lipinski definition) is 3. The molecule has 0 bridgehead atoms. The minimum absolute atomic E-state index is 0.0110. The van der Waals surface area contributed by atoms with Gasteiger partial charge in [-0.25, -0.2) is 9.55 Å². The van der Waals surface area contributed by atoms with Gasteiger partial charge in [-0.15, -0.1) is 0 Å². The van der Waals surface area contributed by atoms with Crippen molar-refractivity contribution in [1.29, 1.82) is 0 Å². The summed E-state index contributed by atoms with van der Waals surface area (Å²) in [4.78, 5) is 6.79. The lowest BCUT2D eigenvalue weighted by atomic mass is 9.52. The van der Waals surface area contributed by atoms with E-state index in [1.54, 1.807) is 0 Å². The van der Waals surface area contributed by atoms with Gasteiger partial charge in [0.15, 0.2) is 11.8 Å². The number of pyridine rings is 2. The quantitative estimate of drug-likeness (QED) is 0.404. The smallest absolute Gasteiger partial charge is 0.443 e. The first-order chi connectivity index (χ1) is 13.6. The van der Waals surface area contributed by atoms with E-state index in [1.165, 1.54) is 16.7 Å². The van der Waals surface area contributed by atoms with Crippen molar-refractivity contribution < 1.29 is 8.98 Å². The molecule has 0 saturated heterocycles. The molecule has 0 N–H and O–H groups in total. The Morgan fingerprint density at radius 1 is 1.04 bits per heavy atom. The van der Waals surface area contributed by atoms with Gasteiger partial charge in [-0.2, -0.15) is 0 Å². The number of fused-ring (bicyclic) bond motifs is 3. The Labute approximate surface area is 164 Å². The molecule has 3 aromatic heterocycles. The first-order valence-electron chi connectivity index (χ1n) is 9.47. The van der Waals surface area contributed by atoms with Gasteiger partial charge in [0.05, 0.1) is 0 Å². The van der Waals surface area contributed by atoms with Crippen LogP contribution in [0.1, 0.15) is 11.3 Å². The largest absolute Gasteiger partial charge is 0.449 e. The maximum absolute atomic E-state index is 6.29. The molecule has 1 aliphatic heterocycles. The monoisotopic (exact) mass is 366 g/mol. The van der Waals surface area contributed by atoms with Crippen LogP contribution in [0.4, 0.5) is 0 Å². The van der Waals surface area contributed by atoms with Crippen molar-refractivity contribution in [2.45, 2.75) is 6.92 Å². The Morgan fingerprint density at radius 3 is 2.68 bits per heavy atom. The first-order valence-corrected chi connectivity index (χ1v) is 9.47. The zero-order valence-corrected chi connectivity index (χ0v) is 16.3. The molecule has 0 amide bonds. The minimum Gasteiger partial charge on any atom is -0.449 e. The molecule has 0 unspecified atom stereocenters. The number of rotatable bonds is 2. The van der Waals surface area contributed by atoms with Gasteiger partial charge in [0, 0.05) is 28.8 Å². The molecule has 0 aliphatic carbocycles. The molecule has 5 heteroatoms. The SMILES string of the molecule is Cc1ccc2c3c(oc2n1)B(c1cc(-c2ccccc2)cc[n+]1C)N(C)C=C3. The molecule has 5 rings (SSSR count). The van der Waals surface area contributed by atoms with Gasteiger partial charge in [-0.3, -0.25) is 0 Å². The van der Waals surface area contributed by atoms with Crippen molar-refractivity contribution in [3.63, 3.8) is 0 Å². The number of nitrogens with zero attached hydrogens (tertiary/aromatic N) is 3. The normalized spacial score (nSPS) is 13.2. The lowest BCUT2D eigenvalue weighted by molar-refractivity contribution is -0.654. The zero-order valence-electron chi connectivity index (χ0n) is 16.3. The maximum Gasteiger partial charge on any atom is 0.443 e. The van der Waals surface area contributed by atoms with E-state index in [0.717, 1.165) is 22.3 Å². The predicted molar refractivity (Wildman–Crippen MR) is 114 cm³/mol. The van der Waals surface area contributed by atoms with Gasteiger partial charge in [-0.1, -0.05) is 30.3 Å². The van der Waals surface area contributed by atoms with E-state index in [0.29, 0.717) is 5.71 Å². The van der Waals surface area contributed by atoms with Crippen molar-refractivity contribution in [2.24, 2.45) is 7.05 Å². The molecular weight excluding hydrogens is 345 g/mol. The van der Waals surface area contributed by atoms with Crippen LogP contribution in [-0.2, 0) is 7.05 Å². The van der Waals surface area contributed by atoms with E-state index in [2.05, 4.69) is 89.4 Å². The molecule has 0 atom stereocenters. The van der Waals surface area contributed by atoms with Crippen LogP contribution in [0.25, 0.3) is 28.3 Å². The van der Waals surface area contributed by atoms with E-state index in [-0.39, 0.29) is 6.85 Å². The predicted octanol–water partition coefficient (Wildman–Crippen LogP) is 2.65. The van der Waals surface area contributed by atoms with Crippen molar-refractivity contribution >= 4 is 35.3 Å². The third kappa shape index (κ3) is 2.62. The molecule has 0 fully saturated rings. The molecule has 1 aliphatic rings. The summed E-state index contributed by atoms with van der Waals surface area (Å²) >= 11 is 0. The van der Waals surface area contributed by atoms with E-state index in [4.69, 9.17) is 4.42 Å². The van der Waals surface area contributed by atoms with E-state index < -0.39 is 0 Å². The number of aryl methyl sites for hydroxylation is 2. The molecule has 0 saturated carbocycles. The number of furan rings is 1. The standard InChI is InChI=1S/C23H21BN3O/c1-16-9-10-20-19-12-14-27(3)24(22(19)28-23(20)25-16)21-15-18(11-13-26(21)2)17-7-5-4-6-8-17/h4-15H,1-3H3/q+1. The lowest BCUT2D eigenvalue weighted by Crippen LogP contribution is -2.65. The second-order valence-electron chi connectivity index (χ2n) is 7.39. The zero-order chi connectivity index (χ0) is 19.3. The summed E-state index contributed by atoms with van der Waals surface area (Å²) in [6.45, 7) is 1.98. The maximum atomic E-state index is 6.29. The van der Waals surface area contributed by atoms with Crippen LogP contribution in [0.2, 0.25) is 0 Å². The fourth-order valence-electron chi connectivity index (χ4n) is 3.96. The lowest BCUT2D eigenvalue weighted by Gasteiger charge is -2.24. The molecular formula is C23H21BN3O+. The van der Waals surface area contributed by atoms with Crippen molar-refractivity contribution in [1.82, 2.24) is 9.79 Å². The summed E-state index contributed by atoms with van der Waals surface area (Å²) in [5.41, 5.74) is 7.31. The number of benzene rings is 1. The summed E-state index contributed by atoms with van der Waals surface area (Å²) in [6.07, 6.45) is 6.36. The van der Waals surface area contributed by atoms with Gasteiger partial charge in [-0.05, 0) is 49.5 Å². The van der Waals surface area contributed by atoms with Crippen molar-refractivity contribution in [3.8, 4) is 11.1 Å². The van der Waals surface area contributed by atoms with Crippen LogP contribution < -0.4 is 15.8 Å². The van der Waals surface area contributed by atoms with Gasteiger partial charge in [0.25, 0.3) is 0 Å². The van der Waals surface area contributed by atoms with Gasteiger partial charge >= 0.3 is 6.85 Å². The summed E-state index contributed by atoms with van der Waals surface area (Å²) in [6, 6.07) is 19.0. The topological polar surface area (TPSA) is 33.1 Å². The van der Waals surface area contributed by atoms with Gasteiger partial charge in [0.1, 0.15) is 12.7 Å². The Hall–Kier alpha value is -3.34. The molecule has 136 valence electrons. The third-order valence-electron chi connectivity index (χ3n) is 5.47. The highest BCUT2D eigenvalue weighted by molar-refractivity contribution is 6.82. The molecule has 4 heterocycles. The summed E-state index contributed by atoms with van der Waals surface area (Å²) in [5.74, 6) is 0. The molecule has 0 radical (unpaired) electrons. The number of hydrogen-bond donors (Lipinski definition) is 0. The van der Waals surface area contributed by atoms with E-state index in [1.807, 2.05) is 19.1 Å². The van der Waals surface area contributed by atoms with E-state index in [9.17, 15) is 0 Å². The van der Waals surface area contributed by atoms with Crippen LogP contribution >= 0.6 is 0 Å². The fourth-order valence-corrected chi connectivity index (χ4v) is 3.96. The summed E-state index contributed by atoms with van der Waals surface area (Å²) in [5, 5.41) is 1.07. The van der Waals surface area contributed by atoms with E-state index >= 15 is 0 Å². The first kappa shape index (κ1) is 16.8. The highest BCUT2D eigenvalue weighted by Crippen LogP contribution is 2.24. The second-order valence-corrected chi connectivity index (χ2v) is 7.39. The average molecular weight is 366 g/mol. The Bertz CT molecular complexity index is 1210. The van der Waals surface area contributed by atoms with Crippen molar-refractivity contribution in [2.75, 3.05) is 7.05 Å². The second kappa shape index (κ2) is 6.38. The third-order valence-corrected chi connectivity index (χ3v) is 5.47. The van der Waals surface area contributed by atoms with Crippen LogP contribution in [0, 0.1) is 6.92 Å². The molecule has 28 heavy (non-hydrogen) atoms. The highest BCUT2D eigenvalue weighted by atomic mass is 16.3. The molecule has 4 aromatic rings. The van der Waals surface area contributed by atoms with Gasteiger partial charge in [0.2, 0.25) is 5.71 Å². The Balaban J connectivity index is 1.70. The Kier molecular flexibility index (Phi) is 3.83. The molecule has 0 spiro atoms. The number of aromatic nitrogens is 2.